The van der Waals surface area contributed by atoms with E-state index in [-0.39, 0.29) is 16.9 Å². The van der Waals surface area contributed by atoms with E-state index in [4.69, 9.17) is 4.74 Å². The summed E-state index contributed by atoms with van der Waals surface area (Å²) >= 11 is 3.67. The summed E-state index contributed by atoms with van der Waals surface area (Å²) in [5, 5.41) is 20.3. The summed E-state index contributed by atoms with van der Waals surface area (Å²) in [4.78, 5) is 11.0. The fraction of sp³-hybridized carbons (Fsp3) is 0.812. The van der Waals surface area contributed by atoms with Gasteiger partial charge in [-0.15, -0.1) is 0 Å². The topological polar surface area (TPSA) is 76.2 Å². The van der Waals surface area contributed by atoms with Crippen LogP contribution in [0.25, 0.3) is 0 Å². The smallest absolute Gasteiger partial charge is 0.213 e. The summed E-state index contributed by atoms with van der Waals surface area (Å²) in [6.45, 7) is 0. The van der Waals surface area contributed by atoms with E-state index in [1.165, 1.54) is 0 Å². The average Bonchev–Trinajstić information content (AvgIpc) is 2.53. The van der Waals surface area contributed by atoms with Crippen LogP contribution < -0.4 is 0 Å². The Hall–Kier alpha value is -0.930. The number of halogens is 1. The van der Waals surface area contributed by atoms with Crippen LogP contribution in [0, 0.1) is 33.3 Å². The second-order valence-corrected chi connectivity index (χ2v) is 7.56. The molecule has 122 valence electrons. The van der Waals surface area contributed by atoms with Crippen LogP contribution in [-0.4, -0.2) is 29.0 Å². The van der Waals surface area contributed by atoms with Crippen molar-refractivity contribution in [3.63, 3.8) is 0 Å². The molecule has 0 amide bonds. The molecule has 5 nitrogen and oxygen atoms in total. The van der Waals surface area contributed by atoms with E-state index in [0.717, 1.165) is 37.7 Å². The molecule has 0 aliphatic heterocycles. The molecule has 0 N–H and O–H groups in total. The number of hydrogen-bond acceptors (Lipinski definition) is 4. The Kier molecular flexibility index (Phi) is 6.39. The number of rotatable bonds is 4. The first-order valence-corrected chi connectivity index (χ1v) is 8.88. The normalized spacial score (nSPS) is 36.6. The summed E-state index contributed by atoms with van der Waals surface area (Å²) < 4.78 is 5.44. The predicted octanol–water partition coefficient (Wildman–Crippen LogP) is 3.85. The molecule has 6 heteroatoms. The Morgan fingerprint density at radius 1 is 1.32 bits per heavy atom. The molecule has 0 aromatic carbocycles. The molecule has 0 heterocycles. The highest BCUT2D eigenvalue weighted by atomic mass is 79.9. The van der Waals surface area contributed by atoms with E-state index in [1.807, 2.05) is 0 Å². The summed E-state index contributed by atoms with van der Waals surface area (Å²) in [5.41, 5.74) is 0.836. The van der Waals surface area contributed by atoms with Gasteiger partial charge in [0.2, 0.25) is 6.04 Å². The Bertz CT molecular complexity index is 467. The molecule has 3 atom stereocenters. The lowest BCUT2D eigenvalue weighted by molar-refractivity contribution is -0.526. The third kappa shape index (κ3) is 4.30. The SMILES string of the molecule is COC1CCC(/C=C(\C#N)C2CCC([N+](=O)[O-])CC2)CC1Br. The minimum Gasteiger partial charge on any atom is -0.380 e. The first kappa shape index (κ1) is 17.4. The van der Waals surface area contributed by atoms with Crippen LogP contribution in [0.4, 0.5) is 0 Å². The van der Waals surface area contributed by atoms with Gasteiger partial charge in [0.15, 0.2) is 0 Å². The van der Waals surface area contributed by atoms with Crippen LogP contribution in [0.2, 0.25) is 0 Å². The van der Waals surface area contributed by atoms with Gasteiger partial charge in [-0.05, 0) is 43.9 Å². The highest BCUT2D eigenvalue weighted by Gasteiger charge is 2.32. The molecule has 22 heavy (non-hydrogen) atoms. The number of hydrogen-bond donors (Lipinski definition) is 0. The van der Waals surface area contributed by atoms with Gasteiger partial charge in [0.1, 0.15) is 0 Å². The van der Waals surface area contributed by atoms with Crippen LogP contribution in [0.3, 0.4) is 0 Å². The molecule has 2 saturated carbocycles. The second kappa shape index (κ2) is 8.07. The Balaban J connectivity index is 1.95. The molecule has 0 spiro atoms. The van der Waals surface area contributed by atoms with Gasteiger partial charge in [0.05, 0.1) is 12.2 Å². The number of ether oxygens (including phenoxy) is 1. The third-order valence-electron chi connectivity index (χ3n) is 5.04. The molecule has 2 aliphatic carbocycles. The predicted molar refractivity (Wildman–Crippen MR) is 87.3 cm³/mol. The molecule has 0 aromatic rings. The maximum Gasteiger partial charge on any atom is 0.213 e. The summed E-state index contributed by atoms with van der Waals surface area (Å²) in [6, 6.07) is 1.93. The number of alkyl halides is 1. The summed E-state index contributed by atoms with van der Waals surface area (Å²) in [5.74, 6) is 0.605. The van der Waals surface area contributed by atoms with Gasteiger partial charge >= 0.3 is 0 Å². The molecule has 2 rings (SSSR count). The molecular formula is C16H23BrN2O3. The van der Waals surface area contributed by atoms with Crippen molar-refractivity contribution in [2.75, 3.05) is 7.11 Å². The third-order valence-corrected chi connectivity index (χ3v) is 6.00. The summed E-state index contributed by atoms with van der Waals surface area (Å²) in [7, 11) is 1.74. The van der Waals surface area contributed by atoms with Gasteiger partial charge < -0.3 is 4.74 Å². The van der Waals surface area contributed by atoms with Crippen LogP contribution in [-0.2, 0) is 4.74 Å². The number of allylic oxidation sites excluding steroid dienone is 2. The Morgan fingerprint density at radius 2 is 2.00 bits per heavy atom. The Labute approximate surface area is 140 Å². The Morgan fingerprint density at radius 3 is 2.50 bits per heavy atom. The van der Waals surface area contributed by atoms with E-state index in [2.05, 4.69) is 28.1 Å². The van der Waals surface area contributed by atoms with Crippen molar-refractivity contribution in [1.29, 1.82) is 5.26 Å². The number of nitriles is 1. The largest absolute Gasteiger partial charge is 0.380 e. The van der Waals surface area contributed by atoms with E-state index in [0.29, 0.717) is 23.6 Å². The molecule has 2 fully saturated rings. The van der Waals surface area contributed by atoms with Gasteiger partial charge in [-0.3, -0.25) is 10.1 Å². The highest BCUT2D eigenvalue weighted by molar-refractivity contribution is 9.09. The molecule has 0 aromatic heterocycles. The van der Waals surface area contributed by atoms with E-state index in [1.54, 1.807) is 7.11 Å². The fourth-order valence-corrected chi connectivity index (χ4v) is 4.61. The van der Waals surface area contributed by atoms with E-state index < -0.39 is 6.04 Å². The number of nitro groups is 1. The van der Waals surface area contributed by atoms with E-state index >= 15 is 0 Å². The minimum absolute atomic E-state index is 0.173. The molecule has 0 saturated heterocycles. The van der Waals surface area contributed by atoms with Crippen molar-refractivity contribution in [3.8, 4) is 6.07 Å². The lowest BCUT2D eigenvalue weighted by Crippen LogP contribution is -2.31. The minimum atomic E-state index is -0.416. The molecular weight excluding hydrogens is 348 g/mol. The monoisotopic (exact) mass is 370 g/mol. The van der Waals surface area contributed by atoms with Crippen molar-refractivity contribution in [1.82, 2.24) is 0 Å². The lowest BCUT2D eigenvalue weighted by atomic mass is 9.79. The zero-order valence-electron chi connectivity index (χ0n) is 12.9. The molecule has 0 radical (unpaired) electrons. The van der Waals surface area contributed by atoms with E-state index in [9.17, 15) is 15.4 Å². The van der Waals surface area contributed by atoms with Gasteiger partial charge in [-0.1, -0.05) is 22.0 Å². The van der Waals surface area contributed by atoms with Crippen LogP contribution in [0.5, 0.6) is 0 Å². The zero-order valence-corrected chi connectivity index (χ0v) is 14.5. The van der Waals surface area contributed by atoms with Crippen molar-refractivity contribution in [3.05, 3.63) is 21.8 Å². The first-order chi connectivity index (χ1) is 10.5. The van der Waals surface area contributed by atoms with Gasteiger partial charge in [-0.25, -0.2) is 0 Å². The van der Waals surface area contributed by atoms with Gasteiger partial charge in [0, 0.05) is 35.3 Å². The average molecular weight is 371 g/mol. The van der Waals surface area contributed by atoms with Gasteiger partial charge in [-0.2, -0.15) is 5.26 Å². The number of methoxy groups -OCH3 is 1. The fourth-order valence-electron chi connectivity index (χ4n) is 3.65. The second-order valence-electron chi connectivity index (χ2n) is 6.39. The van der Waals surface area contributed by atoms with Crippen molar-refractivity contribution in [2.45, 2.75) is 61.9 Å². The zero-order chi connectivity index (χ0) is 16.1. The standard InChI is InChI=1S/C16H23BrN2O3/c1-22-16-7-2-11(9-15(16)17)8-13(10-18)12-3-5-14(6-4-12)19(20)21/h8,11-12,14-16H,2-7,9H2,1H3/b13-8+. The molecule has 2 aliphatic rings. The maximum absolute atomic E-state index is 10.8. The maximum atomic E-state index is 10.8. The first-order valence-electron chi connectivity index (χ1n) is 7.97. The quantitative estimate of drug-likeness (QED) is 0.326. The lowest BCUT2D eigenvalue weighted by Gasteiger charge is -2.31. The molecule has 3 unspecified atom stereocenters. The van der Waals surface area contributed by atoms with Crippen molar-refractivity contribution < 1.29 is 9.66 Å². The number of nitrogens with zero attached hydrogens (tertiary/aromatic N) is 2. The van der Waals surface area contributed by atoms with Crippen LogP contribution in [0.15, 0.2) is 11.6 Å². The summed E-state index contributed by atoms with van der Waals surface area (Å²) in [6.07, 6.45) is 8.10. The molecule has 0 bridgehead atoms. The van der Waals surface area contributed by atoms with Crippen LogP contribution >= 0.6 is 15.9 Å². The van der Waals surface area contributed by atoms with Crippen molar-refractivity contribution in [2.24, 2.45) is 11.8 Å². The highest BCUT2D eigenvalue weighted by Crippen LogP contribution is 2.36. The van der Waals surface area contributed by atoms with Gasteiger partial charge in [0.25, 0.3) is 0 Å². The van der Waals surface area contributed by atoms with Crippen molar-refractivity contribution >= 4 is 15.9 Å². The van der Waals surface area contributed by atoms with Crippen LogP contribution in [0.1, 0.15) is 44.9 Å².